The molecule has 4 rings (SSSR count). The van der Waals surface area contributed by atoms with E-state index in [1.807, 2.05) is 25.1 Å². The lowest BCUT2D eigenvalue weighted by Gasteiger charge is -2.36. The van der Waals surface area contributed by atoms with Gasteiger partial charge in [0.15, 0.2) is 0 Å². The van der Waals surface area contributed by atoms with Crippen LogP contribution in [0.15, 0.2) is 41.3 Å². The molecule has 2 amide bonds. The highest BCUT2D eigenvalue weighted by molar-refractivity contribution is 7.89. The molecule has 0 saturated carbocycles. The fraction of sp³-hybridized carbons (Fsp3) is 0.300. The number of carbonyl (C=O) groups is 2. The maximum Gasteiger partial charge on any atom is 0.243 e. The van der Waals surface area contributed by atoms with Crippen LogP contribution in [0.4, 0.5) is 17.1 Å². The average molecular weight is 449 g/mol. The molecule has 2 aliphatic rings. The van der Waals surface area contributed by atoms with Crippen LogP contribution in [0.3, 0.4) is 0 Å². The zero-order valence-corrected chi connectivity index (χ0v) is 17.9. The molecule has 0 unspecified atom stereocenters. The fourth-order valence-electron chi connectivity index (χ4n) is 3.67. The van der Waals surface area contributed by atoms with Crippen molar-refractivity contribution in [2.24, 2.45) is 0 Å². The summed E-state index contributed by atoms with van der Waals surface area (Å²) in [6.45, 7) is 3.73. The number of aryl methyl sites for hydroxylation is 1. The number of amides is 2. The highest BCUT2D eigenvalue weighted by atomic mass is 35.5. The summed E-state index contributed by atoms with van der Waals surface area (Å²) < 4.78 is 27.7. The van der Waals surface area contributed by atoms with Gasteiger partial charge in [0.05, 0.1) is 16.3 Å². The lowest BCUT2D eigenvalue weighted by atomic mass is 10.1. The van der Waals surface area contributed by atoms with Gasteiger partial charge >= 0.3 is 0 Å². The van der Waals surface area contributed by atoms with E-state index in [1.165, 1.54) is 22.5 Å². The maximum absolute atomic E-state index is 13.2. The van der Waals surface area contributed by atoms with Crippen LogP contribution in [0.5, 0.6) is 0 Å². The van der Waals surface area contributed by atoms with Gasteiger partial charge in [-0.15, -0.1) is 0 Å². The molecule has 2 aromatic rings. The summed E-state index contributed by atoms with van der Waals surface area (Å²) in [5, 5.41) is 5.82. The number of sulfonamides is 1. The minimum atomic E-state index is -3.75. The highest BCUT2D eigenvalue weighted by Crippen LogP contribution is 2.30. The van der Waals surface area contributed by atoms with Gasteiger partial charge in [-0.1, -0.05) is 17.7 Å². The predicted octanol–water partition coefficient (Wildman–Crippen LogP) is 2.44. The van der Waals surface area contributed by atoms with E-state index < -0.39 is 21.8 Å². The largest absolute Gasteiger partial charge is 0.369 e. The second kappa shape index (κ2) is 7.90. The molecule has 0 radical (unpaired) electrons. The fourth-order valence-corrected chi connectivity index (χ4v) is 5.29. The number of carbonyl (C=O) groups excluding carboxylic acids is 2. The van der Waals surface area contributed by atoms with E-state index in [4.69, 9.17) is 11.6 Å². The van der Waals surface area contributed by atoms with Crippen LogP contribution in [-0.4, -0.2) is 50.7 Å². The molecule has 8 nitrogen and oxygen atoms in total. The number of halogens is 1. The number of benzene rings is 2. The summed E-state index contributed by atoms with van der Waals surface area (Å²) in [7, 11) is -3.75. The second-order valence-corrected chi connectivity index (χ2v) is 9.68. The van der Waals surface area contributed by atoms with Crippen LogP contribution in [-0.2, 0) is 19.6 Å². The van der Waals surface area contributed by atoms with E-state index >= 15 is 0 Å². The quantitative estimate of drug-likeness (QED) is 0.703. The molecular formula is C20H21ClN4O4S. The Bertz CT molecular complexity index is 1130. The smallest absolute Gasteiger partial charge is 0.243 e. The van der Waals surface area contributed by atoms with E-state index in [1.54, 1.807) is 0 Å². The number of nitrogens with zero attached hydrogens (tertiary/aromatic N) is 2. The van der Waals surface area contributed by atoms with Crippen LogP contribution in [0.25, 0.3) is 0 Å². The Balaban J connectivity index is 1.53. The Morgan fingerprint density at radius 3 is 2.27 bits per heavy atom. The number of fused-ring (bicyclic) bond motifs is 1. The van der Waals surface area contributed by atoms with Gasteiger partial charge in [0, 0.05) is 36.9 Å². The van der Waals surface area contributed by atoms with Gasteiger partial charge in [0.1, 0.15) is 6.42 Å². The molecule has 30 heavy (non-hydrogen) atoms. The average Bonchev–Trinajstić information content (AvgIpc) is 2.85. The SMILES string of the molecule is Cc1ccc(Cl)cc1N1CCN(S(=O)(=O)c2ccc3c(c2)NC(=O)CC(=O)N3)CC1. The first-order chi connectivity index (χ1) is 14.2. The van der Waals surface area contributed by atoms with Crippen molar-refractivity contribution in [1.29, 1.82) is 0 Å². The molecule has 0 bridgehead atoms. The summed E-state index contributed by atoms with van der Waals surface area (Å²) in [6, 6.07) is 10.0. The maximum atomic E-state index is 13.2. The molecule has 1 saturated heterocycles. The number of anilines is 3. The van der Waals surface area contributed by atoms with E-state index in [-0.39, 0.29) is 17.0 Å². The molecule has 2 heterocycles. The topological polar surface area (TPSA) is 98.8 Å². The Labute approximate surface area is 179 Å². The third-order valence-electron chi connectivity index (χ3n) is 5.25. The Morgan fingerprint density at radius 1 is 0.900 bits per heavy atom. The van der Waals surface area contributed by atoms with E-state index in [9.17, 15) is 18.0 Å². The molecule has 0 aromatic heterocycles. The number of rotatable bonds is 3. The Hall–Kier alpha value is -2.62. The summed E-state index contributed by atoms with van der Waals surface area (Å²) in [4.78, 5) is 25.7. The third kappa shape index (κ3) is 4.00. The van der Waals surface area contributed by atoms with Crippen molar-refractivity contribution >= 4 is 50.5 Å². The van der Waals surface area contributed by atoms with Crippen molar-refractivity contribution in [1.82, 2.24) is 4.31 Å². The number of nitrogens with one attached hydrogen (secondary N) is 2. The Kier molecular flexibility index (Phi) is 5.44. The van der Waals surface area contributed by atoms with Gasteiger partial charge in [-0.2, -0.15) is 4.31 Å². The van der Waals surface area contributed by atoms with Crippen LogP contribution >= 0.6 is 11.6 Å². The molecule has 2 N–H and O–H groups in total. The minimum Gasteiger partial charge on any atom is -0.369 e. The van der Waals surface area contributed by atoms with Crippen LogP contribution in [0.1, 0.15) is 12.0 Å². The lowest BCUT2D eigenvalue weighted by molar-refractivity contribution is -0.123. The lowest BCUT2D eigenvalue weighted by Crippen LogP contribution is -2.48. The zero-order chi connectivity index (χ0) is 21.5. The Morgan fingerprint density at radius 2 is 1.57 bits per heavy atom. The van der Waals surface area contributed by atoms with Crippen molar-refractivity contribution < 1.29 is 18.0 Å². The molecule has 2 aliphatic heterocycles. The normalized spacial score (nSPS) is 17.7. The molecule has 1 fully saturated rings. The monoisotopic (exact) mass is 448 g/mol. The molecule has 0 atom stereocenters. The van der Waals surface area contributed by atoms with E-state index in [0.717, 1.165) is 11.3 Å². The molecule has 2 aromatic carbocycles. The zero-order valence-electron chi connectivity index (χ0n) is 16.3. The van der Waals surface area contributed by atoms with Gasteiger partial charge in [-0.25, -0.2) is 8.42 Å². The molecule has 158 valence electrons. The van der Waals surface area contributed by atoms with Crippen LogP contribution < -0.4 is 15.5 Å². The van der Waals surface area contributed by atoms with Gasteiger partial charge in [0.25, 0.3) is 0 Å². The standard InChI is InChI=1S/C20H21ClN4O4S/c1-13-2-3-14(21)10-18(13)24-6-8-25(9-7-24)30(28,29)15-4-5-16-17(11-15)23-20(27)12-19(26)22-16/h2-5,10-11H,6-9,12H2,1H3,(H,22,26)(H,23,27). The predicted molar refractivity (Wildman–Crippen MR) is 115 cm³/mol. The third-order valence-corrected chi connectivity index (χ3v) is 7.38. The first kappa shape index (κ1) is 20.6. The minimum absolute atomic E-state index is 0.0742. The highest BCUT2D eigenvalue weighted by Gasteiger charge is 2.30. The molecule has 0 aliphatic carbocycles. The van der Waals surface area contributed by atoms with Crippen LogP contribution in [0, 0.1) is 6.92 Å². The van der Waals surface area contributed by atoms with Crippen molar-refractivity contribution in [3.05, 3.63) is 47.0 Å². The van der Waals surface area contributed by atoms with Gasteiger partial charge < -0.3 is 15.5 Å². The molecular weight excluding hydrogens is 428 g/mol. The van der Waals surface area contributed by atoms with Crippen molar-refractivity contribution in [2.75, 3.05) is 41.7 Å². The van der Waals surface area contributed by atoms with Crippen molar-refractivity contribution in [2.45, 2.75) is 18.2 Å². The summed E-state index contributed by atoms with van der Waals surface area (Å²) in [6.07, 6.45) is -0.304. The van der Waals surface area contributed by atoms with Crippen LogP contribution in [0.2, 0.25) is 5.02 Å². The molecule has 10 heteroatoms. The van der Waals surface area contributed by atoms with Gasteiger partial charge in [-0.05, 0) is 42.8 Å². The van der Waals surface area contributed by atoms with Crippen molar-refractivity contribution in [3.63, 3.8) is 0 Å². The second-order valence-electron chi connectivity index (χ2n) is 7.30. The van der Waals surface area contributed by atoms with Crippen molar-refractivity contribution in [3.8, 4) is 0 Å². The first-order valence-corrected chi connectivity index (χ1v) is 11.3. The van der Waals surface area contributed by atoms with E-state index in [2.05, 4.69) is 15.5 Å². The number of hydrogen-bond acceptors (Lipinski definition) is 5. The van der Waals surface area contributed by atoms with E-state index in [0.29, 0.717) is 36.9 Å². The molecule has 0 spiro atoms. The van der Waals surface area contributed by atoms with Gasteiger partial charge in [-0.3, -0.25) is 9.59 Å². The summed E-state index contributed by atoms with van der Waals surface area (Å²) in [5.41, 5.74) is 2.74. The summed E-state index contributed by atoms with van der Waals surface area (Å²) >= 11 is 6.12. The summed E-state index contributed by atoms with van der Waals surface area (Å²) in [5.74, 6) is -0.916. The first-order valence-electron chi connectivity index (χ1n) is 9.49. The number of hydrogen-bond donors (Lipinski definition) is 2. The van der Waals surface area contributed by atoms with Gasteiger partial charge in [0.2, 0.25) is 21.8 Å². The number of piperazine rings is 1.